The molecule has 0 unspecified atom stereocenters. The van der Waals surface area contributed by atoms with Crippen molar-refractivity contribution in [2.45, 2.75) is 31.8 Å². The molecule has 22 heavy (non-hydrogen) atoms. The van der Waals surface area contributed by atoms with Gasteiger partial charge in [-0.15, -0.1) is 0 Å². The number of alkyl halides is 2. The monoisotopic (exact) mass is 308 g/mol. The van der Waals surface area contributed by atoms with Crippen molar-refractivity contribution in [2.24, 2.45) is 5.92 Å². The van der Waals surface area contributed by atoms with Gasteiger partial charge in [0, 0.05) is 5.56 Å². The number of aromatic nitrogens is 2. The van der Waals surface area contributed by atoms with Crippen LogP contribution in [0.5, 0.6) is 0 Å². The molecule has 5 nitrogen and oxygen atoms in total. The summed E-state index contributed by atoms with van der Waals surface area (Å²) >= 11 is 0. The zero-order valence-corrected chi connectivity index (χ0v) is 11.8. The molecule has 0 saturated carbocycles. The Kier molecular flexibility index (Phi) is 3.64. The summed E-state index contributed by atoms with van der Waals surface area (Å²) in [6, 6.07) is 8.71. The molecule has 2 heterocycles. The first-order valence-corrected chi connectivity index (χ1v) is 6.93. The molecule has 1 saturated heterocycles. The lowest BCUT2D eigenvalue weighted by molar-refractivity contribution is -0.147. The molecule has 1 aromatic carbocycles. The Morgan fingerprint density at radius 3 is 2.68 bits per heavy atom. The lowest BCUT2D eigenvalue weighted by Crippen LogP contribution is -2.22. The third-order valence-corrected chi connectivity index (χ3v) is 3.56. The van der Waals surface area contributed by atoms with Crippen molar-refractivity contribution in [3.05, 3.63) is 36.2 Å². The molecular weight excluding hydrogens is 294 g/mol. The molecular formula is C15H14F2N2O3. The fourth-order valence-electron chi connectivity index (χ4n) is 2.39. The average Bonchev–Trinajstić information content (AvgIpc) is 3.08. The topological polar surface area (TPSA) is 65.2 Å². The highest BCUT2D eigenvalue weighted by atomic mass is 19.3. The van der Waals surface area contributed by atoms with Crippen LogP contribution in [0.15, 0.2) is 34.9 Å². The molecule has 116 valence electrons. The number of nitrogens with zero attached hydrogens (tertiary/aromatic N) is 2. The lowest BCUT2D eigenvalue weighted by Gasteiger charge is -2.15. The van der Waals surface area contributed by atoms with E-state index in [1.165, 1.54) is 0 Å². The molecule has 2 aromatic rings. The van der Waals surface area contributed by atoms with Crippen molar-refractivity contribution >= 4 is 5.97 Å². The minimum Gasteiger partial charge on any atom is -0.462 e. The molecule has 0 N–H and O–H groups in total. The van der Waals surface area contributed by atoms with Crippen molar-refractivity contribution in [1.82, 2.24) is 10.1 Å². The van der Waals surface area contributed by atoms with E-state index in [9.17, 15) is 13.6 Å². The second kappa shape index (κ2) is 5.47. The van der Waals surface area contributed by atoms with Crippen LogP contribution in [0.3, 0.4) is 0 Å². The van der Waals surface area contributed by atoms with Gasteiger partial charge in [0.1, 0.15) is 6.10 Å². The summed E-state index contributed by atoms with van der Waals surface area (Å²) in [5.41, 5.74) is 0.592. The number of ether oxygens (including phenoxy) is 1. The molecule has 1 aromatic heterocycles. The maximum atomic E-state index is 14.2. The van der Waals surface area contributed by atoms with E-state index in [0.29, 0.717) is 5.56 Å². The number of halogens is 2. The van der Waals surface area contributed by atoms with Gasteiger partial charge in [0.25, 0.3) is 5.89 Å². The van der Waals surface area contributed by atoms with Crippen LogP contribution >= 0.6 is 0 Å². The predicted molar refractivity (Wildman–Crippen MR) is 71.9 cm³/mol. The van der Waals surface area contributed by atoms with Gasteiger partial charge in [-0.05, 0) is 6.42 Å². The van der Waals surface area contributed by atoms with Crippen LogP contribution in [0.25, 0.3) is 11.4 Å². The number of rotatable bonds is 4. The number of carbonyl (C=O) groups excluding carboxylic acids is 1. The Morgan fingerprint density at radius 1 is 1.32 bits per heavy atom. The maximum absolute atomic E-state index is 14.2. The van der Waals surface area contributed by atoms with E-state index in [0.717, 1.165) is 0 Å². The van der Waals surface area contributed by atoms with Crippen molar-refractivity contribution in [2.75, 3.05) is 0 Å². The molecule has 1 aliphatic heterocycles. The quantitative estimate of drug-likeness (QED) is 0.812. The van der Waals surface area contributed by atoms with Gasteiger partial charge in [0.2, 0.25) is 5.82 Å². The van der Waals surface area contributed by atoms with Crippen LogP contribution in [-0.2, 0) is 15.5 Å². The van der Waals surface area contributed by atoms with E-state index in [1.54, 1.807) is 37.3 Å². The van der Waals surface area contributed by atoms with Crippen LogP contribution in [0.4, 0.5) is 8.78 Å². The van der Waals surface area contributed by atoms with Crippen LogP contribution in [0, 0.1) is 5.92 Å². The molecule has 3 rings (SSSR count). The van der Waals surface area contributed by atoms with E-state index >= 15 is 0 Å². The highest BCUT2D eigenvalue weighted by Crippen LogP contribution is 2.37. The highest BCUT2D eigenvalue weighted by molar-refractivity contribution is 5.74. The smallest absolute Gasteiger partial charge is 0.328 e. The van der Waals surface area contributed by atoms with E-state index in [2.05, 4.69) is 10.1 Å². The van der Waals surface area contributed by atoms with E-state index in [4.69, 9.17) is 9.26 Å². The van der Waals surface area contributed by atoms with Crippen molar-refractivity contribution in [3.63, 3.8) is 0 Å². The summed E-state index contributed by atoms with van der Waals surface area (Å²) < 4.78 is 38.0. The van der Waals surface area contributed by atoms with Gasteiger partial charge in [-0.1, -0.05) is 42.4 Å². The number of benzene rings is 1. The fourth-order valence-corrected chi connectivity index (χ4v) is 2.39. The Balaban J connectivity index is 1.75. The summed E-state index contributed by atoms with van der Waals surface area (Å²) in [5.74, 6) is -4.80. The standard InChI is InChI=1S/C15H14F2N2O3/c1-9-7-11(21-13(9)20)8-15(16,17)14-18-12(19-22-14)10-5-3-2-4-6-10/h2-6,9,11H,7-8H2,1H3/t9-,11+/m1/s1. The van der Waals surface area contributed by atoms with Crippen LogP contribution in [0.2, 0.25) is 0 Å². The fraction of sp³-hybridized carbons (Fsp3) is 0.400. The van der Waals surface area contributed by atoms with Gasteiger partial charge in [0.15, 0.2) is 0 Å². The summed E-state index contributed by atoms with van der Waals surface area (Å²) in [6.45, 7) is 1.65. The van der Waals surface area contributed by atoms with Gasteiger partial charge in [-0.25, -0.2) is 0 Å². The summed E-state index contributed by atoms with van der Waals surface area (Å²) in [5, 5.41) is 3.58. The normalized spacial score (nSPS) is 21.9. The average molecular weight is 308 g/mol. The second-order valence-corrected chi connectivity index (χ2v) is 5.39. The second-order valence-electron chi connectivity index (χ2n) is 5.39. The van der Waals surface area contributed by atoms with Crippen molar-refractivity contribution in [1.29, 1.82) is 0 Å². The third-order valence-electron chi connectivity index (χ3n) is 3.56. The minimum atomic E-state index is -3.34. The van der Waals surface area contributed by atoms with Gasteiger partial charge >= 0.3 is 11.9 Å². The Labute approximate surface area is 125 Å². The summed E-state index contributed by atoms with van der Waals surface area (Å²) in [4.78, 5) is 15.0. The molecule has 7 heteroatoms. The largest absolute Gasteiger partial charge is 0.462 e. The Bertz CT molecular complexity index is 672. The Morgan fingerprint density at radius 2 is 2.05 bits per heavy atom. The zero-order valence-electron chi connectivity index (χ0n) is 11.8. The number of esters is 1. The molecule has 0 bridgehead atoms. The van der Waals surface area contributed by atoms with Crippen molar-refractivity contribution in [3.8, 4) is 11.4 Å². The van der Waals surface area contributed by atoms with Crippen LogP contribution < -0.4 is 0 Å². The van der Waals surface area contributed by atoms with E-state index < -0.39 is 30.3 Å². The minimum absolute atomic E-state index is 0.104. The number of hydrogen-bond acceptors (Lipinski definition) is 5. The van der Waals surface area contributed by atoms with Crippen LogP contribution in [-0.4, -0.2) is 22.2 Å². The van der Waals surface area contributed by atoms with E-state index in [1.807, 2.05) is 0 Å². The molecule has 1 fully saturated rings. The molecule has 1 aliphatic rings. The lowest BCUT2D eigenvalue weighted by atomic mass is 10.0. The zero-order chi connectivity index (χ0) is 15.7. The van der Waals surface area contributed by atoms with Crippen LogP contribution in [0.1, 0.15) is 25.7 Å². The number of cyclic esters (lactones) is 1. The van der Waals surface area contributed by atoms with Crippen molar-refractivity contribution < 1.29 is 22.8 Å². The first-order chi connectivity index (χ1) is 10.5. The first kappa shape index (κ1) is 14.6. The Hall–Kier alpha value is -2.31. The predicted octanol–water partition coefficient (Wildman–Crippen LogP) is 3.17. The number of hydrogen-bond donors (Lipinski definition) is 0. The molecule has 2 atom stereocenters. The molecule has 0 amide bonds. The molecule has 0 radical (unpaired) electrons. The number of carbonyl (C=O) groups is 1. The summed E-state index contributed by atoms with van der Waals surface area (Å²) in [6.07, 6.45) is -1.21. The summed E-state index contributed by atoms with van der Waals surface area (Å²) in [7, 11) is 0. The molecule has 0 aliphatic carbocycles. The maximum Gasteiger partial charge on any atom is 0.328 e. The van der Waals surface area contributed by atoms with E-state index in [-0.39, 0.29) is 18.2 Å². The van der Waals surface area contributed by atoms with Gasteiger partial charge in [-0.3, -0.25) is 4.79 Å². The molecule has 0 spiro atoms. The first-order valence-electron chi connectivity index (χ1n) is 6.93. The third kappa shape index (κ3) is 2.84. The van der Waals surface area contributed by atoms with Gasteiger partial charge < -0.3 is 9.26 Å². The van der Waals surface area contributed by atoms with Gasteiger partial charge in [-0.2, -0.15) is 13.8 Å². The van der Waals surface area contributed by atoms with Gasteiger partial charge in [0.05, 0.1) is 12.3 Å². The highest BCUT2D eigenvalue weighted by Gasteiger charge is 2.45. The SMILES string of the molecule is C[C@@H]1C[C@@H](CC(F)(F)c2nc(-c3ccccc3)no2)OC1=O.